The summed E-state index contributed by atoms with van der Waals surface area (Å²) in [5.74, 6) is 5.47. The van der Waals surface area contributed by atoms with Gasteiger partial charge in [0, 0.05) is 18.7 Å². The highest BCUT2D eigenvalue weighted by Crippen LogP contribution is 2.20. The minimum absolute atomic E-state index is 0.0559. The lowest BCUT2D eigenvalue weighted by Gasteiger charge is -2.31. The molecule has 1 aromatic rings. The SMILES string of the molecule is CCCCOc1ccc(C(=O)N2CCCC(C(=O)NN)C2)cc1. The Hall–Kier alpha value is -2.08. The maximum atomic E-state index is 12.6. The fraction of sp³-hybridized carbons (Fsp3) is 0.529. The van der Waals surface area contributed by atoms with Crippen LogP contribution < -0.4 is 16.0 Å². The van der Waals surface area contributed by atoms with Crippen LogP contribution in [0.1, 0.15) is 43.0 Å². The van der Waals surface area contributed by atoms with E-state index in [1.54, 1.807) is 17.0 Å². The number of nitrogens with one attached hydrogen (secondary N) is 1. The monoisotopic (exact) mass is 319 g/mol. The number of hydrogen-bond donors (Lipinski definition) is 2. The van der Waals surface area contributed by atoms with Crippen LogP contribution in [0.25, 0.3) is 0 Å². The number of carbonyl (C=O) groups is 2. The molecule has 1 atom stereocenters. The highest BCUT2D eigenvalue weighted by molar-refractivity contribution is 5.94. The first kappa shape index (κ1) is 17.3. The molecule has 0 bridgehead atoms. The van der Waals surface area contributed by atoms with Gasteiger partial charge in [0.25, 0.3) is 5.91 Å². The molecule has 1 aliphatic heterocycles. The summed E-state index contributed by atoms with van der Waals surface area (Å²) in [6.45, 7) is 3.88. The first-order valence-corrected chi connectivity index (χ1v) is 8.18. The molecule has 6 nitrogen and oxygen atoms in total. The average Bonchev–Trinajstić information content (AvgIpc) is 2.61. The predicted molar refractivity (Wildman–Crippen MR) is 87.8 cm³/mol. The van der Waals surface area contributed by atoms with Gasteiger partial charge in [0.1, 0.15) is 5.75 Å². The van der Waals surface area contributed by atoms with Gasteiger partial charge in [0.05, 0.1) is 12.5 Å². The van der Waals surface area contributed by atoms with E-state index < -0.39 is 0 Å². The number of piperidine rings is 1. The topological polar surface area (TPSA) is 84.7 Å². The highest BCUT2D eigenvalue weighted by Gasteiger charge is 2.28. The molecule has 1 saturated heterocycles. The lowest BCUT2D eigenvalue weighted by atomic mass is 9.97. The predicted octanol–water partition coefficient (Wildman–Crippen LogP) is 1.71. The number of amides is 2. The molecular formula is C17H25N3O3. The van der Waals surface area contributed by atoms with Crippen LogP contribution in [-0.2, 0) is 4.79 Å². The Balaban J connectivity index is 1.95. The molecule has 1 aliphatic rings. The Morgan fingerprint density at radius 3 is 2.74 bits per heavy atom. The molecule has 6 heteroatoms. The molecule has 0 radical (unpaired) electrons. The first-order chi connectivity index (χ1) is 11.2. The molecule has 1 aromatic carbocycles. The van der Waals surface area contributed by atoms with E-state index in [2.05, 4.69) is 12.3 Å². The standard InChI is InChI=1S/C17H25N3O3/c1-2-3-11-23-15-8-6-13(7-9-15)17(22)20-10-4-5-14(12-20)16(21)19-18/h6-9,14H,2-5,10-12,18H2,1H3,(H,19,21). The van der Waals surface area contributed by atoms with Crippen molar-refractivity contribution in [3.8, 4) is 5.75 Å². The second-order valence-corrected chi connectivity index (χ2v) is 5.83. The number of benzene rings is 1. The van der Waals surface area contributed by atoms with E-state index in [4.69, 9.17) is 10.6 Å². The Morgan fingerprint density at radius 1 is 1.35 bits per heavy atom. The molecule has 1 fully saturated rings. The molecule has 0 saturated carbocycles. The van der Waals surface area contributed by atoms with E-state index in [-0.39, 0.29) is 17.7 Å². The van der Waals surface area contributed by atoms with E-state index in [1.165, 1.54) is 0 Å². The van der Waals surface area contributed by atoms with Crippen molar-refractivity contribution in [1.82, 2.24) is 10.3 Å². The molecular weight excluding hydrogens is 294 g/mol. The summed E-state index contributed by atoms with van der Waals surface area (Å²) in [4.78, 5) is 25.9. The molecule has 1 heterocycles. The van der Waals surface area contributed by atoms with Gasteiger partial charge in [-0.15, -0.1) is 0 Å². The van der Waals surface area contributed by atoms with E-state index in [0.29, 0.717) is 25.3 Å². The van der Waals surface area contributed by atoms with Gasteiger partial charge in [-0.3, -0.25) is 15.0 Å². The molecule has 23 heavy (non-hydrogen) atoms. The summed E-state index contributed by atoms with van der Waals surface area (Å²) in [5.41, 5.74) is 2.78. The quantitative estimate of drug-likeness (QED) is 0.362. The summed E-state index contributed by atoms with van der Waals surface area (Å²) < 4.78 is 5.60. The van der Waals surface area contributed by atoms with E-state index in [1.807, 2.05) is 12.1 Å². The van der Waals surface area contributed by atoms with Crippen LogP contribution in [0.2, 0.25) is 0 Å². The number of likely N-dealkylation sites (tertiary alicyclic amines) is 1. The number of rotatable bonds is 6. The fourth-order valence-corrected chi connectivity index (χ4v) is 2.70. The third-order valence-corrected chi connectivity index (χ3v) is 4.09. The van der Waals surface area contributed by atoms with Crippen molar-refractivity contribution in [1.29, 1.82) is 0 Å². The van der Waals surface area contributed by atoms with Crippen molar-refractivity contribution in [3.05, 3.63) is 29.8 Å². The minimum Gasteiger partial charge on any atom is -0.494 e. The van der Waals surface area contributed by atoms with Crippen LogP contribution >= 0.6 is 0 Å². The Labute approximate surface area is 136 Å². The molecule has 0 aromatic heterocycles. The van der Waals surface area contributed by atoms with Crippen molar-refractivity contribution in [3.63, 3.8) is 0 Å². The normalized spacial score (nSPS) is 17.7. The molecule has 0 aliphatic carbocycles. The summed E-state index contributed by atoms with van der Waals surface area (Å²) >= 11 is 0. The van der Waals surface area contributed by atoms with Crippen LogP contribution in [0.4, 0.5) is 0 Å². The van der Waals surface area contributed by atoms with E-state index in [9.17, 15) is 9.59 Å². The van der Waals surface area contributed by atoms with Crippen LogP contribution in [-0.4, -0.2) is 36.4 Å². The number of unbranched alkanes of at least 4 members (excludes halogenated alkanes) is 1. The molecule has 2 amide bonds. The van der Waals surface area contributed by atoms with Crippen LogP contribution in [0.15, 0.2) is 24.3 Å². The number of hydrazine groups is 1. The van der Waals surface area contributed by atoms with Gasteiger partial charge < -0.3 is 9.64 Å². The maximum Gasteiger partial charge on any atom is 0.253 e. The van der Waals surface area contributed by atoms with Gasteiger partial charge in [0.15, 0.2) is 0 Å². The lowest BCUT2D eigenvalue weighted by Crippen LogP contribution is -2.46. The molecule has 0 spiro atoms. The van der Waals surface area contributed by atoms with Gasteiger partial charge >= 0.3 is 0 Å². The van der Waals surface area contributed by atoms with Crippen molar-refractivity contribution in [2.24, 2.45) is 11.8 Å². The van der Waals surface area contributed by atoms with Crippen LogP contribution in [0.3, 0.4) is 0 Å². The molecule has 3 N–H and O–H groups in total. The number of hydrogen-bond acceptors (Lipinski definition) is 4. The number of nitrogens with zero attached hydrogens (tertiary/aromatic N) is 1. The molecule has 1 unspecified atom stereocenters. The van der Waals surface area contributed by atoms with Crippen LogP contribution in [0, 0.1) is 5.92 Å². The van der Waals surface area contributed by atoms with E-state index in [0.717, 1.165) is 31.4 Å². The zero-order chi connectivity index (χ0) is 16.7. The van der Waals surface area contributed by atoms with Crippen molar-refractivity contribution in [2.75, 3.05) is 19.7 Å². The smallest absolute Gasteiger partial charge is 0.253 e. The van der Waals surface area contributed by atoms with Crippen molar-refractivity contribution in [2.45, 2.75) is 32.6 Å². The average molecular weight is 319 g/mol. The third kappa shape index (κ3) is 4.69. The summed E-state index contributed by atoms with van der Waals surface area (Å²) in [6.07, 6.45) is 3.67. The highest BCUT2D eigenvalue weighted by atomic mass is 16.5. The van der Waals surface area contributed by atoms with Crippen LogP contribution in [0.5, 0.6) is 5.75 Å². The van der Waals surface area contributed by atoms with Gasteiger partial charge in [-0.25, -0.2) is 5.84 Å². The fourth-order valence-electron chi connectivity index (χ4n) is 2.70. The van der Waals surface area contributed by atoms with Crippen molar-refractivity contribution >= 4 is 11.8 Å². The Morgan fingerprint density at radius 2 is 2.09 bits per heavy atom. The lowest BCUT2D eigenvalue weighted by molar-refractivity contribution is -0.126. The second-order valence-electron chi connectivity index (χ2n) is 5.83. The van der Waals surface area contributed by atoms with Crippen molar-refractivity contribution < 1.29 is 14.3 Å². The maximum absolute atomic E-state index is 12.6. The Bertz CT molecular complexity index is 530. The second kappa shape index (κ2) is 8.53. The third-order valence-electron chi connectivity index (χ3n) is 4.09. The molecule has 126 valence electrons. The number of carbonyl (C=O) groups excluding carboxylic acids is 2. The summed E-state index contributed by atoms with van der Waals surface area (Å²) in [6, 6.07) is 7.18. The summed E-state index contributed by atoms with van der Waals surface area (Å²) in [5, 5.41) is 0. The largest absolute Gasteiger partial charge is 0.494 e. The number of nitrogens with two attached hydrogens (primary N) is 1. The van der Waals surface area contributed by atoms with Gasteiger partial charge in [-0.05, 0) is 43.5 Å². The van der Waals surface area contributed by atoms with Gasteiger partial charge in [0.2, 0.25) is 5.91 Å². The van der Waals surface area contributed by atoms with Gasteiger partial charge in [-0.2, -0.15) is 0 Å². The van der Waals surface area contributed by atoms with Gasteiger partial charge in [-0.1, -0.05) is 13.3 Å². The first-order valence-electron chi connectivity index (χ1n) is 8.18. The molecule has 2 rings (SSSR count). The zero-order valence-electron chi connectivity index (χ0n) is 13.6. The summed E-state index contributed by atoms with van der Waals surface area (Å²) in [7, 11) is 0. The van der Waals surface area contributed by atoms with E-state index >= 15 is 0 Å². The number of ether oxygens (including phenoxy) is 1. The zero-order valence-corrected chi connectivity index (χ0v) is 13.6. The minimum atomic E-state index is -0.227. The Kier molecular flexibility index (Phi) is 6.40.